The van der Waals surface area contributed by atoms with Crippen LogP contribution in [0.15, 0.2) is 11.1 Å². The number of aryl methyl sites for hydroxylation is 1. The molecule has 0 saturated heterocycles. The van der Waals surface area contributed by atoms with Crippen LogP contribution in [-0.4, -0.2) is 31.0 Å². The fraction of sp³-hybridized carbons (Fsp3) is 0.667. The number of nitrogens with zero attached hydrogens (tertiary/aromatic N) is 1. The van der Waals surface area contributed by atoms with Gasteiger partial charge in [-0.15, -0.1) is 11.6 Å². The van der Waals surface area contributed by atoms with E-state index in [0.717, 1.165) is 6.42 Å². The molecule has 0 amide bonds. The zero-order chi connectivity index (χ0) is 12.2. The lowest BCUT2D eigenvalue weighted by atomic mass is 10.1. The predicted molar refractivity (Wildman–Crippen MR) is 63.0 cm³/mol. The summed E-state index contributed by atoms with van der Waals surface area (Å²) in [5, 5.41) is 6.28. The summed E-state index contributed by atoms with van der Waals surface area (Å²) in [6.07, 6.45) is 2.10. The van der Waals surface area contributed by atoms with Gasteiger partial charge in [0.25, 0.3) is 0 Å². The summed E-state index contributed by atoms with van der Waals surface area (Å²) in [7, 11) is -3.45. The number of rotatable bonds is 6. The van der Waals surface area contributed by atoms with Crippen molar-refractivity contribution in [3.8, 4) is 0 Å². The average molecular weight is 266 g/mol. The first-order valence-corrected chi connectivity index (χ1v) is 7.04. The number of H-pyrrole nitrogens is 1. The van der Waals surface area contributed by atoms with Crippen LogP contribution in [0.2, 0.25) is 0 Å². The third-order valence-corrected chi connectivity index (χ3v) is 4.05. The second-order valence-electron chi connectivity index (χ2n) is 3.79. The summed E-state index contributed by atoms with van der Waals surface area (Å²) in [4.78, 5) is 0.200. The van der Waals surface area contributed by atoms with E-state index < -0.39 is 10.0 Å². The topological polar surface area (TPSA) is 74.8 Å². The standard InChI is InChI=1S/C9H16ClN3O2S/c1-7(3-4-10)5-12-16(14,15)9-6-11-13-8(9)2/h6-7,12H,3-5H2,1-2H3,(H,11,13). The van der Waals surface area contributed by atoms with Gasteiger partial charge in [-0.1, -0.05) is 6.92 Å². The monoisotopic (exact) mass is 265 g/mol. The first-order valence-electron chi connectivity index (χ1n) is 5.03. The largest absolute Gasteiger partial charge is 0.281 e. The van der Waals surface area contributed by atoms with Crippen LogP contribution < -0.4 is 4.72 Å². The number of hydrogen-bond acceptors (Lipinski definition) is 3. The van der Waals surface area contributed by atoms with Gasteiger partial charge in [0.2, 0.25) is 10.0 Å². The minimum absolute atomic E-state index is 0.200. The van der Waals surface area contributed by atoms with Crippen LogP contribution >= 0.6 is 11.6 Å². The fourth-order valence-electron chi connectivity index (χ4n) is 1.23. The van der Waals surface area contributed by atoms with Crippen molar-refractivity contribution in [2.75, 3.05) is 12.4 Å². The molecular formula is C9H16ClN3O2S. The van der Waals surface area contributed by atoms with Crippen LogP contribution in [0.4, 0.5) is 0 Å². The van der Waals surface area contributed by atoms with E-state index in [2.05, 4.69) is 14.9 Å². The molecule has 1 atom stereocenters. The van der Waals surface area contributed by atoms with Crippen molar-refractivity contribution in [2.24, 2.45) is 5.92 Å². The fourth-order valence-corrected chi connectivity index (χ4v) is 2.90. The Labute approximate surface area is 101 Å². The van der Waals surface area contributed by atoms with E-state index in [1.807, 2.05) is 6.92 Å². The van der Waals surface area contributed by atoms with Crippen LogP contribution in [0.5, 0.6) is 0 Å². The molecule has 1 aromatic rings. The molecule has 16 heavy (non-hydrogen) atoms. The first-order chi connectivity index (χ1) is 7.47. The van der Waals surface area contributed by atoms with Crippen LogP contribution in [0.3, 0.4) is 0 Å². The smallest absolute Gasteiger partial charge is 0.243 e. The Hall–Kier alpha value is -0.590. The summed E-state index contributed by atoms with van der Waals surface area (Å²) in [6.45, 7) is 4.01. The summed E-state index contributed by atoms with van der Waals surface area (Å²) in [5.41, 5.74) is 0.539. The molecule has 0 bridgehead atoms. The predicted octanol–water partition coefficient (Wildman–Crippen LogP) is 1.26. The van der Waals surface area contributed by atoms with Gasteiger partial charge in [0.15, 0.2) is 0 Å². The third kappa shape index (κ3) is 3.47. The number of nitrogens with one attached hydrogen (secondary N) is 2. The molecule has 1 heterocycles. The minimum Gasteiger partial charge on any atom is -0.281 e. The van der Waals surface area contributed by atoms with E-state index in [1.165, 1.54) is 6.20 Å². The molecule has 0 spiro atoms. The van der Waals surface area contributed by atoms with Crippen molar-refractivity contribution in [1.82, 2.24) is 14.9 Å². The highest BCUT2D eigenvalue weighted by Gasteiger charge is 2.18. The van der Waals surface area contributed by atoms with E-state index in [0.29, 0.717) is 18.1 Å². The van der Waals surface area contributed by atoms with Crippen molar-refractivity contribution in [3.63, 3.8) is 0 Å². The van der Waals surface area contributed by atoms with E-state index in [4.69, 9.17) is 11.6 Å². The highest BCUT2D eigenvalue weighted by molar-refractivity contribution is 7.89. The molecular weight excluding hydrogens is 250 g/mol. The second-order valence-corrected chi connectivity index (χ2v) is 5.91. The summed E-state index contributed by atoms with van der Waals surface area (Å²) < 4.78 is 26.2. The number of alkyl halides is 1. The van der Waals surface area contributed by atoms with Gasteiger partial charge in [0.05, 0.1) is 11.9 Å². The zero-order valence-corrected chi connectivity index (χ0v) is 10.9. The van der Waals surface area contributed by atoms with Gasteiger partial charge >= 0.3 is 0 Å². The molecule has 0 aliphatic rings. The summed E-state index contributed by atoms with van der Waals surface area (Å²) in [5.74, 6) is 0.757. The average Bonchev–Trinajstić information content (AvgIpc) is 2.63. The molecule has 0 saturated carbocycles. The Morgan fingerprint density at radius 2 is 2.31 bits per heavy atom. The first kappa shape index (κ1) is 13.5. The SMILES string of the molecule is Cc1[nH]ncc1S(=O)(=O)NCC(C)CCCl. The summed E-state index contributed by atoms with van der Waals surface area (Å²) >= 11 is 5.58. The van der Waals surface area contributed by atoms with Crippen molar-refractivity contribution in [2.45, 2.75) is 25.2 Å². The molecule has 1 rings (SSSR count). The molecule has 0 aliphatic carbocycles. The van der Waals surface area contributed by atoms with Crippen molar-refractivity contribution < 1.29 is 8.42 Å². The molecule has 0 aromatic carbocycles. The minimum atomic E-state index is -3.45. The second kappa shape index (κ2) is 5.65. The molecule has 7 heteroatoms. The Kier molecular flexibility index (Phi) is 4.76. The lowest BCUT2D eigenvalue weighted by Gasteiger charge is -2.10. The highest BCUT2D eigenvalue weighted by atomic mass is 35.5. The van der Waals surface area contributed by atoms with E-state index in [1.54, 1.807) is 6.92 Å². The van der Waals surface area contributed by atoms with Crippen molar-refractivity contribution in [1.29, 1.82) is 0 Å². The van der Waals surface area contributed by atoms with Crippen LogP contribution in [0, 0.1) is 12.8 Å². The third-order valence-electron chi connectivity index (χ3n) is 2.30. The van der Waals surface area contributed by atoms with Crippen molar-refractivity contribution >= 4 is 21.6 Å². The Bertz CT molecular complexity index is 430. The van der Waals surface area contributed by atoms with Gasteiger partial charge in [-0.3, -0.25) is 5.10 Å². The Balaban J connectivity index is 2.63. The maximum Gasteiger partial charge on any atom is 0.243 e. The van der Waals surface area contributed by atoms with E-state index in [9.17, 15) is 8.42 Å². The van der Waals surface area contributed by atoms with E-state index >= 15 is 0 Å². The molecule has 0 aliphatic heterocycles. The molecule has 0 radical (unpaired) electrons. The number of hydrogen-bond donors (Lipinski definition) is 2. The Morgan fingerprint density at radius 3 is 2.81 bits per heavy atom. The molecule has 1 aromatic heterocycles. The zero-order valence-electron chi connectivity index (χ0n) is 9.33. The Morgan fingerprint density at radius 1 is 1.62 bits per heavy atom. The van der Waals surface area contributed by atoms with E-state index in [-0.39, 0.29) is 10.8 Å². The van der Waals surface area contributed by atoms with Crippen LogP contribution in [0.25, 0.3) is 0 Å². The number of aromatic nitrogens is 2. The molecule has 92 valence electrons. The number of halogens is 1. The molecule has 0 fully saturated rings. The quantitative estimate of drug-likeness (QED) is 0.761. The van der Waals surface area contributed by atoms with Gasteiger partial charge in [0, 0.05) is 12.4 Å². The van der Waals surface area contributed by atoms with Crippen LogP contribution in [0.1, 0.15) is 19.0 Å². The number of sulfonamides is 1. The van der Waals surface area contributed by atoms with Gasteiger partial charge in [-0.2, -0.15) is 5.10 Å². The van der Waals surface area contributed by atoms with Crippen LogP contribution in [-0.2, 0) is 10.0 Å². The maximum atomic E-state index is 11.8. The van der Waals surface area contributed by atoms with Gasteiger partial charge in [-0.05, 0) is 19.3 Å². The van der Waals surface area contributed by atoms with Gasteiger partial charge < -0.3 is 0 Å². The molecule has 2 N–H and O–H groups in total. The molecule has 5 nitrogen and oxygen atoms in total. The maximum absolute atomic E-state index is 11.8. The van der Waals surface area contributed by atoms with Gasteiger partial charge in [0.1, 0.15) is 4.90 Å². The summed E-state index contributed by atoms with van der Waals surface area (Å²) in [6, 6.07) is 0. The number of aromatic amines is 1. The normalized spacial score (nSPS) is 13.9. The highest BCUT2D eigenvalue weighted by Crippen LogP contribution is 2.11. The molecule has 1 unspecified atom stereocenters. The van der Waals surface area contributed by atoms with Crippen molar-refractivity contribution in [3.05, 3.63) is 11.9 Å². The van der Waals surface area contributed by atoms with Gasteiger partial charge in [-0.25, -0.2) is 13.1 Å². The lowest BCUT2D eigenvalue weighted by molar-refractivity contribution is 0.530. The lowest BCUT2D eigenvalue weighted by Crippen LogP contribution is -2.28.